The van der Waals surface area contributed by atoms with E-state index in [0.717, 1.165) is 55.5 Å². The number of carbonyl (C=O) groups is 1. The van der Waals surface area contributed by atoms with Crippen LogP contribution in [0.3, 0.4) is 0 Å². The van der Waals surface area contributed by atoms with Crippen molar-refractivity contribution in [2.24, 2.45) is 5.73 Å². The Morgan fingerprint density at radius 3 is 2.50 bits per heavy atom. The van der Waals surface area contributed by atoms with Crippen LogP contribution in [0.2, 0.25) is 0 Å². The van der Waals surface area contributed by atoms with E-state index in [1.165, 1.54) is 25.7 Å². The molecule has 3 aliphatic rings. The number of nitrogens with two attached hydrogens (primary N) is 1. The molecule has 2 aromatic heterocycles. The van der Waals surface area contributed by atoms with Crippen LogP contribution in [0.5, 0.6) is 0 Å². The van der Waals surface area contributed by atoms with E-state index >= 15 is 0 Å². The number of carbonyl (C=O) groups excluding carboxylic acids is 1. The second-order valence-corrected chi connectivity index (χ2v) is 10.3. The minimum absolute atomic E-state index is 0.205. The average molecular weight is 498 g/mol. The summed E-state index contributed by atoms with van der Waals surface area (Å²) in [4.78, 5) is 31.8. The number of amides is 1. The number of aromatic nitrogens is 4. The summed E-state index contributed by atoms with van der Waals surface area (Å²) in [7, 11) is 0. The Hall–Kier alpha value is -2.92. The van der Waals surface area contributed by atoms with Crippen molar-refractivity contribution in [3.8, 4) is 0 Å². The Balaban J connectivity index is 1.30. The largest absolute Gasteiger partial charge is 0.426 e. The Morgan fingerprint density at radius 2 is 1.78 bits per heavy atom. The maximum absolute atomic E-state index is 11.8. The molecule has 11 heteroatoms. The molecule has 196 valence electrons. The standard InChI is InChI=1S/C25H39N9O2/c1-2-13-27-25(35)36-33-14-11-19(12-15-33)29-22-21-23(34(16-28-21)20-5-3-4-6-20)32-24(31-22)30-18-9-7-17(26)8-10-18/h2,16-20H,1,3-15,26H2,(H,27,35)(H2,29,30,31,32)/t17-,18-. The van der Waals surface area contributed by atoms with E-state index in [-0.39, 0.29) is 6.04 Å². The molecule has 0 unspecified atom stereocenters. The van der Waals surface area contributed by atoms with Crippen molar-refractivity contribution in [3.63, 3.8) is 0 Å². The number of piperidine rings is 1. The molecule has 11 nitrogen and oxygen atoms in total. The number of hydrogen-bond donors (Lipinski definition) is 4. The van der Waals surface area contributed by atoms with Crippen LogP contribution in [-0.4, -0.2) is 68.4 Å². The van der Waals surface area contributed by atoms with E-state index in [1.807, 2.05) is 6.33 Å². The summed E-state index contributed by atoms with van der Waals surface area (Å²) in [6, 6.07) is 1.29. The molecule has 0 radical (unpaired) electrons. The van der Waals surface area contributed by atoms with Gasteiger partial charge in [0.15, 0.2) is 17.0 Å². The van der Waals surface area contributed by atoms with Gasteiger partial charge in [0.2, 0.25) is 5.95 Å². The first-order chi connectivity index (χ1) is 17.6. The topological polar surface area (TPSA) is 135 Å². The van der Waals surface area contributed by atoms with Gasteiger partial charge >= 0.3 is 6.09 Å². The van der Waals surface area contributed by atoms with Crippen LogP contribution in [-0.2, 0) is 4.84 Å². The average Bonchev–Trinajstić information content (AvgIpc) is 3.55. The predicted molar refractivity (Wildman–Crippen MR) is 140 cm³/mol. The monoisotopic (exact) mass is 497 g/mol. The lowest BCUT2D eigenvalue weighted by atomic mass is 9.92. The Labute approximate surface area is 212 Å². The lowest BCUT2D eigenvalue weighted by molar-refractivity contribution is -0.112. The van der Waals surface area contributed by atoms with Crippen LogP contribution in [0.1, 0.15) is 70.3 Å². The molecule has 3 fully saturated rings. The van der Waals surface area contributed by atoms with Gasteiger partial charge in [0.1, 0.15) is 0 Å². The number of hydrogen-bond acceptors (Lipinski definition) is 9. The van der Waals surface area contributed by atoms with Gasteiger partial charge in [-0.25, -0.2) is 9.78 Å². The molecule has 2 saturated carbocycles. The predicted octanol–water partition coefficient (Wildman–Crippen LogP) is 3.33. The fraction of sp³-hybridized carbons (Fsp3) is 0.680. The third-order valence-electron chi connectivity index (χ3n) is 7.64. The van der Waals surface area contributed by atoms with Crippen LogP contribution < -0.4 is 21.7 Å². The summed E-state index contributed by atoms with van der Waals surface area (Å²) in [6.07, 6.45) is 13.7. The molecule has 2 aromatic rings. The molecule has 0 bridgehead atoms. The van der Waals surface area contributed by atoms with E-state index in [2.05, 4.69) is 27.1 Å². The minimum Gasteiger partial charge on any atom is -0.365 e. The number of nitrogens with one attached hydrogen (secondary N) is 3. The molecular weight excluding hydrogens is 458 g/mol. The van der Waals surface area contributed by atoms with Crippen LogP contribution in [0.4, 0.5) is 16.6 Å². The first kappa shape index (κ1) is 24.8. The van der Waals surface area contributed by atoms with Crippen molar-refractivity contribution in [1.82, 2.24) is 29.9 Å². The molecule has 2 aliphatic carbocycles. The van der Waals surface area contributed by atoms with Gasteiger partial charge in [0.05, 0.1) is 6.33 Å². The van der Waals surface area contributed by atoms with E-state index in [1.54, 1.807) is 11.1 Å². The number of imidazole rings is 1. The van der Waals surface area contributed by atoms with Gasteiger partial charge in [0, 0.05) is 43.8 Å². The zero-order valence-electron chi connectivity index (χ0n) is 21.0. The third-order valence-corrected chi connectivity index (χ3v) is 7.64. The van der Waals surface area contributed by atoms with E-state index in [0.29, 0.717) is 43.7 Å². The number of rotatable bonds is 8. The fourth-order valence-corrected chi connectivity index (χ4v) is 5.57. The number of fused-ring (bicyclic) bond motifs is 1. The van der Waals surface area contributed by atoms with E-state index in [4.69, 9.17) is 25.5 Å². The highest BCUT2D eigenvalue weighted by Crippen LogP contribution is 2.33. The molecule has 0 spiro atoms. The zero-order chi connectivity index (χ0) is 24.9. The van der Waals surface area contributed by atoms with Gasteiger partial charge in [-0.2, -0.15) is 9.97 Å². The zero-order valence-corrected chi connectivity index (χ0v) is 21.0. The second kappa shape index (κ2) is 11.4. The Morgan fingerprint density at radius 1 is 1.06 bits per heavy atom. The van der Waals surface area contributed by atoms with Crippen molar-refractivity contribution >= 4 is 29.0 Å². The van der Waals surface area contributed by atoms with Crippen molar-refractivity contribution in [1.29, 1.82) is 0 Å². The Bertz CT molecular complexity index is 1040. The van der Waals surface area contributed by atoms with Gasteiger partial charge in [-0.05, 0) is 51.4 Å². The van der Waals surface area contributed by atoms with Crippen molar-refractivity contribution in [2.75, 3.05) is 30.3 Å². The van der Waals surface area contributed by atoms with E-state index < -0.39 is 6.09 Å². The molecule has 1 aliphatic heterocycles. The van der Waals surface area contributed by atoms with Crippen LogP contribution >= 0.6 is 0 Å². The number of anilines is 2. The normalized spacial score (nSPS) is 24.0. The van der Waals surface area contributed by atoms with Gasteiger partial charge in [-0.15, -0.1) is 11.6 Å². The lowest BCUT2D eigenvalue weighted by Crippen LogP contribution is -2.42. The highest BCUT2D eigenvalue weighted by atomic mass is 16.7. The van der Waals surface area contributed by atoms with Gasteiger partial charge < -0.3 is 31.1 Å². The molecule has 0 aromatic carbocycles. The number of hydroxylamine groups is 2. The third kappa shape index (κ3) is 5.89. The number of nitrogens with zero attached hydrogens (tertiary/aromatic N) is 5. The molecule has 36 heavy (non-hydrogen) atoms. The van der Waals surface area contributed by atoms with Crippen LogP contribution in [0.25, 0.3) is 11.2 Å². The first-order valence-corrected chi connectivity index (χ1v) is 13.4. The molecule has 0 atom stereocenters. The summed E-state index contributed by atoms with van der Waals surface area (Å²) in [5.74, 6) is 1.43. The van der Waals surface area contributed by atoms with Crippen molar-refractivity contribution < 1.29 is 9.63 Å². The van der Waals surface area contributed by atoms with Gasteiger partial charge in [-0.3, -0.25) is 0 Å². The van der Waals surface area contributed by atoms with Crippen LogP contribution in [0.15, 0.2) is 19.0 Å². The van der Waals surface area contributed by atoms with Gasteiger partial charge in [-0.1, -0.05) is 18.9 Å². The fourth-order valence-electron chi connectivity index (χ4n) is 5.57. The summed E-state index contributed by atoms with van der Waals surface area (Å²) >= 11 is 0. The second-order valence-electron chi connectivity index (χ2n) is 10.3. The van der Waals surface area contributed by atoms with Gasteiger partial charge in [0.25, 0.3) is 0 Å². The van der Waals surface area contributed by atoms with Crippen molar-refractivity contribution in [3.05, 3.63) is 19.0 Å². The minimum atomic E-state index is -0.448. The smallest absolute Gasteiger partial charge is 0.365 e. The summed E-state index contributed by atoms with van der Waals surface area (Å²) < 4.78 is 2.25. The molecule has 3 heterocycles. The molecule has 1 saturated heterocycles. The Kier molecular flexibility index (Phi) is 7.86. The summed E-state index contributed by atoms with van der Waals surface area (Å²) in [6.45, 7) is 5.28. The maximum atomic E-state index is 11.8. The molecule has 5 rings (SSSR count). The highest BCUT2D eigenvalue weighted by Gasteiger charge is 2.26. The summed E-state index contributed by atoms with van der Waals surface area (Å²) in [5.41, 5.74) is 7.82. The van der Waals surface area contributed by atoms with Crippen LogP contribution in [0, 0.1) is 0 Å². The van der Waals surface area contributed by atoms with Crippen molar-refractivity contribution in [2.45, 2.75) is 88.4 Å². The quantitative estimate of drug-likeness (QED) is 0.405. The summed E-state index contributed by atoms with van der Waals surface area (Å²) in [5, 5.41) is 11.6. The first-order valence-electron chi connectivity index (χ1n) is 13.4. The highest BCUT2D eigenvalue weighted by molar-refractivity contribution is 5.84. The SMILES string of the molecule is C=CCNC(=O)ON1CCC(Nc2nc(N[C@H]3CC[C@H](N)CC3)nc3c2ncn3C2CCCC2)CC1. The molecule has 5 N–H and O–H groups in total. The molecule has 1 amide bonds. The lowest BCUT2D eigenvalue weighted by Gasteiger charge is -2.31. The maximum Gasteiger partial charge on any atom is 0.426 e. The molecular formula is C25H39N9O2. The van der Waals surface area contributed by atoms with E-state index in [9.17, 15) is 4.79 Å².